The average Bonchev–Trinajstić information content (AvgIpc) is 2.25. The number of hydrogen-bond donors (Lipinski definition) is 2. The van der Waals surface area contributed by atoms with Crippen molar-refractivity contribution in [2.24, 2.45) is 5.92 Å². The Bertz CT molecular complexity index is 294. The third-order valence-corrected chi connectivity index (χ3v) is 3.70. The lowest BCUT2D eigenvalue weighted by molar-refractivity contribution is -0.152. The van der Waals surface area contributed by atoms with Crippen molar-refractivity contribution in [3.05, 3.63) is 0 Å². The zero-order valence-electron chi connectivity index (χ0n) is 10.0. The summed E-state index contributed by atoms with van der Waals surface area (Å²) in [5.41, 5.74) is 0. The number of carboxylic acids is 1. The molecule has 0 aromatic rings. The number of hydrogen-bond acceptors (Lipinski definition) is 3. The molecule has 5 nitrogen and oxygen atoms in total. The fourth-order valence-electron chi connectivity index (χ4n) is 2.46. The highest BCUT2D eigenvalue weighted by atomic mass is 16.4. The smallest absolute Gasteiger partial charge is 0.310 e. The van der Waals surface area contributed by atoms with Gasteiger partial charge in [-0.1, -0.05) is 6.42 Å². The van der Waals surface area contributed by atoms with Gasteiger partial charge in [-0.25, -0.2) is 0 Å². The second-order valence-corrected chi connectivity index (χ2v) is 5.02. The molecular formula is C12H20N2O3. The van der Waals surface area contributed by atoms with Gasteiger partial charge in [0.1, 0.15) is 0 Å². The number of carbonyl (C=O) groups is 2. The van der Waals surface area contributed by atoms with Gasteiger partial charge in [0.2, 0.25) is 5.91 Å². The zero-order chi connectivity index (χ0) is 12.3. The third-order valence-electron chi connectivity index (χ3n) is 3.70. The summed E-state index contributed by atoms with van der Waals surface area (Å²) in [5, 5.41) is 12.1. The van der Waals surface area contributed by atoms with Crippen molar-refractivity contribution in [2.75, 3.05) is 19.6 Å². The summed E-state index contributed by atoms with van der Waals surface area (Å²) >= 11 is 0. The molecule has 0 spiro atoms. The molecule has 0 saturated carbocycles. The Morgan fingerprint density at radius 2 is 2.06 bits per heavy atom. The molecule has 2 aliphatic rings. The standard InChI is InChI=1S/C12H20N2O3/c15-11(14-7-9(8-14)12(16)17)5-4-10-3-1-2-6-13-10/h9-10,13H,1-8H2,(H,16,17). The van der Waals surface area contributed by atoms with E-state index in [1.165, 1.54) is 12.8 Å². The lowest BCUT2D eigenvalue weighted by Gasteiger charge is -2.37. The average molecular weight is 240 g/mol. The minimum Gasteiger partial charge on any atom is -0.481 e. The molecule has 96 valence electrons. The van der Waals surface area contributed by atoms with Gasteiger partial charge in [-0.2, -0.15) is 0 Å². The van der Waals surface area contributed by atoms with Crippen LogP contribution in [0.15, 0.2) is 0 Å². The number of carbonyl (C=O) groups excluding carboxylic acids is 1. The maximum absolute atomic E-state index is 11.7. The first-order valence-corrected chi connectivity index (χ1v) is 6.41. The van der Waals surface area contributed by atoms with Gasteiger partial charge in [-0.15, -0.1) is 0 Å². The van der Waals surface area contributed by atoms with E-state index in [0.29, 0.717) is 25.6 Å². The van der Waals surface area contributed by atoms with Crippen LogP contribution < -0.4 is 5.32 Å². The SMILES string of the molecule is O=C(O)C1CN(C(=O)CCC2CCCCN2)C1. The highest BCUT2D eigenvalue weighted by molar-refractivity contribution is 5.80. The summed E-state index contributed by atoms with van der Waals surface area (Å²) in [7, 11) is 0. The number of carboxylic acid groups (broad SMARTS) is 1. The molecule has 2 heterocycles. The normalized spacial score (nSPS) is 25.4. The fraction of sp³-hybridized carbons (Fsp3) is 0.833. The molecule has 5 heteroatoms. The van der Waals surface area contributed by atoms with Crippen LogP contribution in [0.25, 0.3) is 0 Å². The van der Waals surface area contributed by atoms with Gasteiger partial charge in [-0.3, -0.25) is 9.59 Å². The van der Waals surface area contributed by atoms with Crippen molar-refractivity contribution < 1.29 is 14.7 Å². The zero-order valence-corrected chi connectivity index (χ0v) is 10.0. The second kappa shape index (κ2) is 5.49. The minimum absolute atomic E-state index is 0.106. The topological polar surface area (TPSA) is 69.6 Å². The molecule has 1 atom stereocenters. The second-order valence-electron chi connectivity index (χ2n) is 5.02. The van der Waals surface area contributed by atoms with Crippen LogP contribution in [0.4, 0.5) is 0 Å². The van der Waals surface area contributed by atoms with E-state index in [4.69, 9.17) is 5.11 Å². The van der Waals surface area contributed by atoms with Crippen molar-refractivity contribution >= 4 is 11.9 Å². The van der Waals surface area contributed by atoms with Crippen molar-refractivity contribution in [2.45, 2.75) is 38.1 Å². The number of nitrogens with one attached hydrogen (secondary N) is 1. The highest BCUT2D eigenvalue weighted by Gasteiger charge is 2.35. The molecule has 17 heavy (non-hydrogen) atoms. The van der Waals surface area contributed by atoms with Crippen molar-refractivity contribution in [3.63, 3.8) is 0 Å². The Kier molecular flexibility index (Phi) is 3.99. The monoisotopic (exact) mass is 240 g/mol. The fourth-order valence-corrected chi connectivity index (χ4v) is 2.46. The number of likely N-dealkylation sites (tertiary alicyclic amines) is 1. The largest absolute Gasteiger partial charge is 0.481 e. The van der Waals surface area contributed by atoms with Gasteiger partial charge in [0.05, 0.1) is 5.92 Å². The van der Waals surface area contributed by atoms with Gasteiger partial charge in [0, 0.05) is 25.6 Å². The van der Waals surface area contributed by atoms with Crippen LogP contribution in [0.5, 0.6) is 0 Å². The summed E-state index contributed by atoms with van der Waals surface area (Å²) in [5.74, 6) is -1.02. The summed E-state index contributed by atoms with van der Waals surface area (Å²) in [4.78, 5) is 24.0. The number of amides is 1. The number of nitrogens with zero attached hydrogens (tertiary/aromatic N) is 1. The molecule has 0 aromatic heterocycles. The van der Waals surface area contributed by atoms with Crippen molar-refractivity contribution in [3.8, 4) is 0 Å². The third kappa shape index (κ3) is 3.19. The Labute approximate surface area is 101 Å². The summed E-state index contributed by atoms with van der Waals surface area (Å²) < 4.78 is 0. The van der Waals surface area contributed by atoms with Crippen molar-refractivity contribution in [1.29, 1.82) is 0 Å². The Morgan fingerprint density at radius 3 is 2.65 bits per heavy atom. The van der Waals surface area contributed by atoms with Crippen molar-refractivity contribution in [1.82, 2.24) is 10.2 Å². The molecular weight excluding hydrogens is 220 g/mol. The molecule has 2 N–H and O–H groups in total. The molecule has 0 bridgehead atoms. The Balaban J connectivity index is 1.63. The van der Waals surface area contributed by atoms with Crippen LogP contribution in [-0.2, 0) is 9.59 Å². The van der Waals surface area contributed by atoms with Crippen LogP contribution in [0, 0.1) is 5.92 Å². The predicted octanol–water partition coefficient (Wildman–Crippen LogP) is 0.452. The van der Waals surface area contributed by atoms with Crippen LogP contribution in [0.2, 0.25) is 0 Å². The Morgan fingerprint density at radius 1 is 1.29 bits per heavy atom. The first-order chi connectivity index (χ1) is 8.16. The molecule has 0 aliphatic carbocycles. The summed E-state index contributed by atoms with van der Waals surface area (Å²) in [6.07, 6.45) is 5.07. The molecule has 0 radical (unpaired) electrons. The van der Waals surface area contributed by atoms with Gasteiger partial charge >= 0.3 is 5.97 Å². The van der Waals surface area contributed by atoms with Gasteiger partial charge < -0.3 is 15.3 Å². The van der Waals surface area contributed by atoms with Crippen LogP contribution in [0.3, 0.4) is 0 Å². The van der Waals surface area contributed by atoms with E-state index in [1.807, 2.05) is 0 Å². The summed E-state index contributed by atoms with van der Waals surface area (Å²) in [6, 6.07) is 0.476. The van der Waals surface area contributed by atoms with E-state index in [1.54, 1.807) is 4.90 Å². The lowest BCUT2D eigenvalue weighted by Crippen LogP contribution is -2.53. The number of aliphatic carboxylic acids is 1. The minimum atomic E-state index is -0.789. The maximum atomic E-state index is 11.7. The predicted molar refractivity (Wildman–Crippen MR) is 62.6 cm³/mol. The van der Waals surface area contributed by atoms with Gasteiger partial charge in [-0.05, 0) is 25.8 Å². The van der Waals surface area contributed by atoms with Crippen LogP contribution in [-0.4, -0.2) is 47.6 Å². The lowest BCUT2D eigenvalue weighted by atomic mass is 9.97. The van der Waals surface area contributed by atoms with E-state index in [2.05, 4.69) is 5.32 Å². The first-order valence-electron chi connectivity index (χ1n) is 6.41. The Hall–Kier alpha value is -1.10. The van der Waals surface area contributed by atoms with Crippen LogP contribution >= 0.6 is 0 Å². The van der Waals surface area contributed by atoms with Gasteiger partial charge in [0.15, 0.2) is 0 Å². The number of piperidine rings is 1. The quantitative estimate of drug-likeness (QED) is 0.748. The molecule has 2 fully saturated rings. The first kappa shape index (κ1) is 12.4. The molecule has 2 rings (SSSR count). The maximum Gasteiger partial charge on any atom is 0.310 e. The van der Waals surface area contributed by atoms with E-state index < -0.39 is 5.97 Å². The molecule has 2 aliphatic heterocycles. The summed E-state index contributed by atoms with van der Waals surface area (Å²) in [6.45, 7) is 1.85. The van der Waals surface area contributed by atoms with E-state index in [0.717, 1.165) is 19.4 Å². The van der Waals surface area contributed by atoms with Gasteiger partial charge in [0.25, 0.3) is 0 Å². The molecule has 2 saturated heterocycles. The van der Waals surface area contributed by atoms with Crippen LogP contribution in [0.1, 0.15) is 32.1 Å². The molecule has 1 unspecified atom stereocenters. The van der Waals surface area contributed by atoms with E-state index in [-0.39, 0.29) is 11.8 Å². The highest BCUT2D eigenvalue weighted by Crippen LogP contribution is 2.18. The van der Waals surface area contributed by atoms with E-state index in [9.17, 15) is 9.59 Å². The van der Waals surface area contributed by atoms with E-state index >= 15 is 0 Å². The molecule has 0 aromatic carbocycles. The molecule has 1 amide bonds. The number of rotatable bonds is 4.